The van der Waals surface area contributed by atoms with Crippen LogP contribution in [0.15, 0.2) is 152 Å². The maximum atomic E-state index is 6.66. The lowest BCUT2D eigenvalue weighted by Crippen LogP contribution is -2.00. The molecule has 5 heteroatoms. The number of rotatable bonds is 6. The van der Waals surface area contributed by atoms with Crippen molar-refractivity contribution in [2.75, 3.05) is 5.73 Å². The maximum Gasteiger partial charge on any atom is 0.164 e. The molecule has 7 aromatic rings. The third-order valence-electron chi connectivity index (χ3n) is 7.39. The third kappa shape index (κ3) is 5.39. The predicted molar refractivity (Wildman–Crippen MR) is 175 cm³/mol. The highest BCUT2D eigenvalue weighted by Gasteiger charge is 2.14. The summed E-state index contributed by atoms with van der Waals surface area (Å²) in [7, 11) is 0. The lowest BCUT2D eigenvalue weighted by atomic mass is 9.93. The van der Waals surface area contributed by atoms with Gasteiger partial charge in [-0.1, -0.05) is 127 Å². The van der Waals surface area contributed by atoms with Crippen molar-refractivity contribution in [2.45, 2.75) is 0 Å². The molecule has 0 aliphatic carbocycles. The summed E-state index contributed by atoms with van der Waals surface area (Å²) < 4.78 is 0. The number of nitrogen functional groups attached to an aromatic ring is 1. The van der Waals surface area contributed by atoms with E-state index >= 15 is 0 Å². The number of anilines is 1. The fourth-order valence-electron chi connectivity index (χ4n) is 5.20. The zero-order valence-electron chi connectivity index (χ0n) is 23.3. The van der Waals surface area contributed by atoms with E-state index in [1.54, 1.807) is 0 Å². The second-order valence-corrected chi connectivity index (χ2v) is 10.2. The van der Waals surface area contributed by atoms with E-state index in [1.807, 2.05) is 103 Å². The predicted octanol–water partition coefficient (Wildman–Crippen LogP) is 8.85. The summed E-state index contributed by atoms with van der Waals surface area (Å²) in [6, 6.07) is 48.6. The van der Waals surface area contributed by atoms with Gasteiger partial charge in [-0.15, -0.1) is 0 Å². The Morgan fingerprint density at radius 3 is 1.42 bits per heavy atom. The highest BCUT2D eigenvalue weighted by Crippen LogP contribution is 2.36. The largest absolute Gasteiger partial charge is 0.398 e. The van der Waals surface area contributed by atoms with E-state index in [4.69, 9.17) is 20.7 Å². The molecule has 0 saturated heterocycles. The molecule has 0 saturated carbocycles. The number of hydrogen-bond donors (Lipinski definition) is 1. The van der Waals surface area contributed by atoms with Crippen molar-refractivity contribution in [3.63, 3.8) is 0 Å². The number of nitrogens with zero attached hydrogens (tertiary/aromatic N) is 4. The van der Waals surface area contributed by atoms with E-state index in [0.29, 0.717) is 23.2 Å². The van der Waals surface area contributed by atoms with Gasteiger partial charge in [0.1, 0.15) is 0 Å². The van der Waals surface area contributed by atoms with Gasteiger partial charge in [0.25, 0.3) is 0 Å². The Kier molecular flexibility index (Phi) is 6.96. The van der Waals surface area contributed by atoms with Gasteiger partial charge < -0.3 is 5.73 Å². The first-order chi connectivity index (χ1) is 21.2. The van der Waals surface area contributed by atoms with Crippen LogP contribution >= 0.6 is 0 Å². The van der Waals surface area contributed by atoms with Crippen LogP contribution in [0.3, 0.4) is 0 Å². The number of hydrogen-bond acceptors (Lipinski definition) is 5. The molecule has 0 amide bonds. The van der Waals surface area contributed by atoms with Crippen molar-refractivity contribution >= 4 is 5.69 Å². The maximum absolute atomic E-state index is 6.66. The van der Waals surface area contributed by atoms with Gasteiger partial charge in [0.15, 0.2) is 17.5 Å². The molecule has 0 bridgehead atoms. The van der Waals surface area contributed by atoms with Crippen molar-refractivity contribution in [2.24, 2.45) is 0 Å². The smallest absolute Gasteiger partial charge is 0.164 e. The van der Waals surface area contributed by atoms with E-state index in [2.05, 4.69) is 53.5 Å². The molecule has 0 aliphatic heterocycles. The highest BCUT2D eigenvalue weighted by molar-refractivity contribution is 5.89. The Balaban J connectivity index is 1.23. The molecule has 0 aliphatic rings. The van der Waals surface area contributed by atoms with Crippen LogP contribution in [0.2, 0.25) is 0 Å². The van der Waals surface area contributed by atoms with Crippen LogP contribution in [-0.4, -0.2) is 19.9 Å². The van der Waals surface area contributed by atoms with Gasteiger partial charge in [-0.3, -0.25) is 4.98 Å². The molecule has 0 fully saturated rings. The van der Waals surface area contributed by atoms with Gasteiger partial charge in [-0.25, -0.2) is 15.0 Å². The molecule has 7 rings (SSSR count). The molecule has 5 nitrogen and oxygen atoms in total. The Labute approximate surface area is 250 Å². The molecule has 43 heavy (non-hydrogen) atoms. The number of pyridine rings is 1. The van der Waals surface area contributed by atoms with Crippen LogP contribution in [0.1, 0.15) is 0 Å². The summed E-state index contributed by atoms with van der Waals surface area (Å²) in [5.41, 5.74) is 16.3. The lowest BCUT2D eigenvalue weighted by molar-refractivity contribution is 1.07. The van der Waals surface area contributed by atoms with Crippen LogP contribution in [-0.2, 0) is 0 Å². The van der Waals surface area contributed by atoms with Crippen molar-refractivity contribution in [1.82, 2.24) is 19.9 Å². The molecule has 204 valence electrons. The molecular formula is C38H27N5. The summed E-state index contributed by atoms with van der Waals surface area (Å²) in [4.78, 5) is 19.0. The van der Waals surface area contributed by atoms with Gasteiger partial charge in [-0.2, -0.15) is 0 Å². The molecular weight excluding hydrogens is 526 g/mol. The summed E-state index contributed by atoms with van der Waals surface area (Å²) >= 11 is 0. The zero-order chi connectivity index (χ0) is 29.0. The van der Waals surface area contributed by atoms with Crippen LogP contribution in [0.25, 0.3) is 67.7 Å². The monoisotopic (exact) mass is 553 g/mol. The van der Waals surface area contributed by atoms with E-state index in [0.717, 1.165) is 50.2 Å². The van der Waals surface area contributed by atoms with Gasteiger partial charge >= 0.3 is 0 Å². The molecule has 5 aromatic carbocycles. The van der Waals surface area contributed by atoms with Gasteiger partial charge in [0.05, 0.1) is 5.69 Å². The summed E-state index contributed by atoms with van der Waals surface area (Å²) in [5.74, 6) is 1.91. The molecule has 2 N–H and O–H groups in total. The lowest BCUT2D eigenvalue weighted by Gasteiger charge is -2.13. The van der Waals surface area contributed by atoms with Gasteiger partial charge in [-0.05, 0) is 34.9 Å². The van der Waals surface area contributed by atoms with Crippen molar-refractivity contribution in [1.29, 1.82) is 0 Å². The topological polar surface area (TPSA) is 77.6 Å². The average Bonchev–Trinajstić information content (AvgIpc) is 3.09. The van der Waals surface area contributed by atoms with Crippen LogP contribution < -0.4 is 5.73 Å². The number of benzene rings is 5. The van der Waals surface area contributed by atoms with Crippen LogP contribution in [0.4, 0.5) is 5.69 Å². The minimum atomic E-state index is 0.625. The third-order valence-corrected chi connectivity index (χ3v) is 7.39. The van der Waals surface area contributed by atoms with E-state index in [-0.39, 0.29) is 0 Å². The zero-order valence-corrected chi connectivity index (χ0v) is 23.3. The fraction of sp³-hybridized carbons (Fsp3) is 0. The first kappa shape index (κ1) is 26.0. The summed E-state index contributed by atoms with van der Waals surface area (Å²) in [6.45, 7) is 0. The molecule has 2 heterocycles. The SMILES string of the molecule is Nc1cc(-c2ccc(-c3nc(-c4ccccc4)nc(-c4ccccc4)n3)cc2)ccc1-c1ccccc1-c1ccccn1. The number of aromatic nitrogens is 4. The highest BCUT2D eigenvalue weighted by atomic mass is 15.0. The second kappa shape index (κ2) is 11.5. The fourth-order valence-corrected chi connectivity index (χ4v) is 5.20. The molecule has 0 atom stereocenters. The Morgan fingerprint density at radius 2 is 0.860 bits per heavy atom. The van der Waals surface area contributed by atoms with Crippen molar-refractivity contribution in [3.8, 4) is 67.7 Å². The van der Waals surface area contributed by atoms with E-state index in [9.17, 15) is 0 Å². The standard InChI is InChI=1S/C38H27N5/c39-34-25-30(22-23-32(34)31-15-7-8-16-33(31)35-17-9-10-24-40-35)26-18-20-29(21-19-26)38-42-36(27-11-3-1-4-12-27)41-37(43-38)28-13-5-2-6-14-28/h1-25H,39H2. The first-order valence-corrected chi connectivity index (χ1v) is 14.1. The average molecular weight is 554 g/mol. The molecule has 2 aromatic heterocycles. The van der Waals surface area contributed by atoms with E-state index in [1.165, 1.54) is 0 Å². The van der Waals surface area contributed by atoms with Crippen molar-refractivity contribution < 1.29 is 0 Å². The summed E-state index contributed by atoms with van der Waals surface area (Å²) in [6.07, 6.45) is 1.81. The Morgan fingerprint density at radius 1 is 0.372 bits per heavy atom. The van der Waals surface area contributed by atoms with Gasteiger partial charge in [0.2, 0.25) is 0 Å². The quantitative estimate of drug-likeness (QED) is 0.208. The number of nitrogens with two attached hydrogens (primary N) is 1. The molecule has 0 unspecified atom stereocenters. The minimum Gasteiger partial charge on any atom is -0.398 e. The Bertz CT molecular complexity index is 1950. The van der Waals surface area contributed by atoms with Crippen LogP contribution in [0, 0.1) is 0 Å². The molecule has 0 radical (unpaired) electrons. The second-order valence-electron chi connectivity index (χ2n) is 10.2. The van der Waals surface area contributed by atoms with Gasteiger partial charge in [0, 0.05) is 39.7 Å². The minimum absolute atomic E-state index is 0.625. The Hall–Kier alpha value is -5.94. The molecule has 0 spiro atoms. The first-order valence-electron chi connectivity index (χ1n) is 14.1. The normalized spacial score (nSPS) is 10.9. The summed E-state index contributed by atoms with van der Waals surface area (Å²) in [5, 5.41) is 0. The van der Waals surface area contributed by atoms with E-state index < -0.39 is 0 Å². The van der Waals surface area contributed by atoms with Crippen LogP contribution in [0.5, 0.6) is 0 Å². The van der Waals surface area contributed by atoms with Crippen molar-refractivity contribution in [3.05, 3.63) is 152 Å².